The van der Waals surface area contributed by atoms with Crippen LogP contribution in [0.1, 0.15) is 13.8 Å². The van der Waals surface area contributed by atoms with Gasteiger partial charge in [-0.25, -0.2) is 0 Å². The van der Waals surface area contributed by atoms with E-state index >= 15 is 0 Å². The third kappa shape index (κ3) is 4.00. The Labute approximate surface area is 179 Å². The molecule has 26 heavy (non-hydrogen) atoms. The first-order valence-electron chi connectivity index (χ1n) is 8.69. The normalized spacial score (nSPS) is 26.1. The summed E-state index contributed by atoms with van der Waals surface area (Å²) in [6.45, 7) is 9.47. The van der Waals surface area contributed by atoms with Crippen LogP contribution in [0.2, 0.25) is 13.1 Å². The van der Waals surface area contributed by atoms with Gasteiger partial charge >= 0.3 is 37.9 Å². The first kappa shape index (κ1) is 21.4. The molecule has 0 saturated heterocycles. The first-order valence-corrected chi connectivity index (χ1v) is 18.0. The molecule has 0 N–H and O–H groups in total. The molecule has 4 rings (SSSR count). The van der Waals surface area contributed by atoms with Gasteiger partial charge in [0.15, 0.2) is 0 Å². The molecule has 2 fully saturated rings. The van der Waals surface area contributed by atoms with Crippen LogP contribution in [-0.2, 0) is 20.8 Å². The molecule has 0 heterocycles. The molecule has 4 aliphatic rings. The van der Waals surface area contributed by atoms with E-state index in [4.69, 9.17) is 17.0 Å². The van der Waals surface area contributed by atoms with Crippen LogP contribution >= 0.6 is 17.0 Å². The van der Waals surface area contributed by atoms with Crippen molar-refractivity contribution < 1.29 is 20.8 Å². The Balaban J connectivity index is 0.000000613. The van der Waals surface area contributed by atoms with E-state index < -0.39 is 28.9 Å². The molecule has 0 nitrogen and oxygen atoms in total. The number of hydrogen-bond donors (Lipinski definition) is 0. The first-order chi connectivity index (χ1) is 12.4. The van der Waals surface area contributed by atoms with E-state index in [9.17, 15) is 0 Å². The molecule has 10 radical (unpaired) electrons. The summed E-state index contributed by atoms with van der Waals surface area (Å²) in [5, 5.41) is 0. The van der Waals surface area contributed by atoms with Gasteiger partial charge in [0.25, 0.3) is 0 Å². The summed E-state index contributed by atoms with van der Waals surface area (Å²) < 4.78 is 0. The van der Waals surface area contributed by atoms with Crippen LogP contribution in [0.3, 0.4) is 0 Å². The molecule has 0 aliphatic heterocycles. The minimum absolute atomic E-state index is 0.826. The Kier molecular flexibility index (Phi) is 7.37. The van der Waals surface area contributed by atoms with Crippen molar-refractivity contribution in [3.63, 3.8) is 0 Å². The Morgan fingerprint density at radius 3 is 1.31 bits per heavy atom. The van der Waals surface area contributed by atoms with Gasteiger partial charge in [0.1, 0.15) is 0 Å². The van der Waals surface area contributed by atoms with Gasteiger partial charge in [-0.3, -0.25) is 0 Å². The molecule has 4 aliphatic carbocycles. The predicted molar refractivity (Wildman–Crippen MR) is 112 cm³/mol. The topological polar surface area (TPSA) is 0 Å². The monoisotopic (exact) mass is 474 g/mol. The second kappa shape index (κ2) is 8.98. The van der Waals surface area contributed by atoms with Crippen molar-refractivity contribution in [2.45, 2.75) is 26.9 Å². The third-order valence-electron chi connectivity index (χ3n) is 5.35. The van der Waals surface area contributed by atoms with Gasteiger partial charge in [-0.05, 0) is 35.8 Å². The van der Waals surface area contributed by atoms with Crippen molar-refractivity contribution in [3.05, 3.63) is 108 Å². The SMILES string of the molecule is C[C]1[CH][C]([Si](C)(C)[C]2[CH][C](C)[C]3C=CC=C[C]32)[C]2C=CC=C[C]12.[Cl][Zr+2][Cl]. The average Bonchev–Trinajstić information content (AvgIpc) is 3.15. The molecular formula is C22H22Cl2SiZr+2. The molecular weight excluding hydrogens is 454 g/mol. The average molecular weight is 477 g/mol. The van der Waals surface area contributed by atoms with Crippen molar-refractivity contribution in [1.82, 2.24) is 0 Å². The Bertz CT molecular complexity index is 559. The fourth-order valence-electron chi connectivity index (χ4n) is 4.05. The van der Waals surface area contributed by atoms with Gasteiger partial charge < -0.3 is 0 Å². The molecule has 0 bridgehead atoms. The summed E-state index contributed by atoms with van der Waals surface area (Å²) in [5.41, 5.74) is 3.14. The predicted octanol–water partition coefficient (Wildman–Crippen LogP) is 6.47. The van der Waals surface area contributed by atoms with Crippen LogP contribution in [0.5, 0.6) is 0 Å². The molecule has 4 heteroatoms. The third-order valence-corrected chi connectivity index (χ3v) is 8.87. The van der Waals surface area contributed by atoms with E-state index in [-0.39, 0.29) is 0 Å². The number of halogens is 2. The molecule has 0 aromatic heterocycles. The van der Waals surface area contributed by atoms with E-state index in [1.165, 1.54) is 35.5 Å². The summed E-state index contributed by atoms with van der Waals surface area (Å²) >= 11 is -0.826. The molecule has 0 aromatic carbocycles. The van der Waals surface area contributed by atoms with E-state index in [1.807, 2.05) is 0 Å². The maximum atomic E-state index is 4.93. The molecule has 2 saturated carbocycles. The van der Waals surface area contributed by atoms with Crippen LogP contribution in [0.4, 0.5) is 0 Å². The van der Waals surface area contributed by atoms with Crippen molar-refractivity contribution in [1.29, 1.82) is 0 Å². The van der Waals surface area contributed by atoms with Crippen molar-refractivity contribution in [2.24, 2.45) is 0 Å². The zero-order valence-electron chi connectivity index (χ0n) is 15.5. The van der Waals surface area contributed by atoms with Gasteiger partial charge in [0, 0.05) is 23.7 Å². The minimum atomic E-state index is -1.74. The zero-order valence-corrected chi connectivity index (χ0v) is 20.5. The van der Waals surface area contributed by atoms with E-state index in [0.717, 1.165) is 0 Å². The van der Waals surface area contributed by atoms with Crippen molar-refractivity contribution in [3.8, 4) is 0 Å². The quantitative estimate of drug-likeness (QED) is 0.401. The summed E-state index contributed by atoms with van der Waals surface area (Å²) in [6.07, 6.45) is 22.6. The summed E-state index contributed by atoms with van der Waals surface area (Å²) in [5.74, 6) is 8.54. The van der Waals surface area contributed by atoms with Crippen LogP contribution < -0.4 is 0 Å². The molecule has 0 amide bonds. The molecule has 0 atom stereocenters. The van der Waals surface area contributed by atoms with Crippen LogP contribution in [-0.4, -0.2) is 8.07 Å². The Hall–Kier alpha value is 0.640. The summed E-state index contributed by atoms with van der Waals surface area (Å²) in [7, 11) is 8.13. The number of fused-ring (bicyclic) bond motifs is 2. The second-order valence-electron chi connectivity index (χ2n) is 7.27. The van der Waals surface area contributed by atoms with Gasteiger partial charge in [-0.1, -0.05) is 75.5 Å². The fourth-order valence-corrected chi connectivity index (χ4v) is 7.27. The Morgan fingerprint density at radius 1 is 0.654 bits per heavy atom. The van der Waals surface area contributed by atoms with Gasteiger partial charge in [0.05, 0.1) is 8.07 Å². The van der Waals surface area contributed by atoms with Crippen molar-refractivity contribution >= 4 is 25.1 Å². The van der Waals surface area contributed by atoms with Gasteiger partial charge in [-0.15, -0.1) is 0 Å². The zero-order chi connectivity index (χ0) is 18.9. The molecule has 0 aromatic rings. The van der Waals surface area contributed by atoms with Crippen LogP contribution in [0, 0.1) is 59.4 Å². The fraction of sp³-hybridized carbons (Fsp3) is 0.182. The standard InChI is InChI=1S/C22H22Si.2ClH.Zr/c1-15-13-21(19-11-7-5-9-17(15)19)23(3,4)22-14-16(2)18-10-6-8-12-20(18)22;;;/h5-14H,1-4H3;2*1H;/q;;;+4/p-2. The van der Waals surface area contributed by atoms with E-state index in [2.05, 4.69) is 88.4 Å². The van der Waals surface area contributed by atoms with Crippen molar-refractivity contribution in [2.75, 3.05) is 0 Å². The number of rotatable bonds is 2. The van der Waals surface area contributed by atoms with Crippen LogP contribution in [0.15, 0.2) is 48.6 Å². The molecule has 0 spiro atoms. The molecule has 130 valence electrons. The number of allylic oxidation sites excluding steroid dienone is 8. The Morgan fingerprint density at radius 2 is 0.962 bits per heavy atom. The second-order valence-corrected chi connectivity index (χ2v) is 15.3. The number of hydrogen-bond acceptors (Lipinski definition) is 0. The van der Waals surface area contributed by atoms with Gasteiger partial charge in [0.2, 0.25) is 0 Å². The summed E-state index contributed by atoms with van der Waals surface area (Å²) in [4.78, 5) is 0. The summed E-state index contributed by atoms with van der Waals surface area (Å²) in [6, 6.07) is 0. The van der Waals surface area contributed by atoms with E-state index in [0.29, 0.717) is 0 Å². The molecule has 0 unspecified atom stereocenters. The van der Waals surface area contributed by atoms with Crippen LogP contribution in [0.25, 0.3) is 0 Å². The van der Waals surface area contributed by atoms with E-state index in [1.54, 1.807) is 11.1 Å². The maximum absolute atomic E-state index is 4.93. The van der Waals surface area contributed by atoms with Gasteiger partial charge in [-0.2, -0.15) is 0 Å².